The lowest BCUT2D eigenvalue weighted by molar-refractivity contribution is 0.355. The van der Waals surface area contributed by atoms with Gasteiger partial charge >= 0.3 is 0 Å². The van der Waals surface area contributed by atoms with Crippen molar-refractivity contribution in [3.05, 3.63) is 24.4 Å². The molecule has 1 saturated heterocycles. The molecule has 0 saturated carbocycles. The summed E-state index contributed by atoms with van der Waals surface area (Å²) < 4.78 is 18.3. The van der Waals surface area contributed by atoms with Gasteiger partial charge in [0.25, 0.3) is 11.3 Å². The van der Waals surface area contributed by atoms with Gasteiger partial charge in [-0.1, -0.05) is 13.0 Å². The fraction of sp³-hybridized carbons (Fsp3) is 0.444. The first kappa shape index (κ1) is 9.61. The van der Waals surface area contributed by atoms with Gasteiger partial charge in [-0.15, -0.1) is 0 Å². The van der Waals surface area contributed by atoms with Crippen LogP contribution >= 0.6 is 0 Å². The van der Waals surface area contributed by atoms with Crippen LogP contribution in [0.25, 0.3) is 0 Å². The standard InChI is InChI=1S/C9H12N2O2S/c1-2-8-7-13-14(12)11(8)9-5-3-4-6-10-9/h3-6,8H,2,7H2,1H3. The lowest BCUT2D eigenvalue weighted by atomic mass is 10.2. The normalized spacial score (nSPS) is 26.8. The molecule has 0 aliphatic carbocycles. The van der Waals surface area contributed by atoms with Crippen LogP contribution in [0.2, 0.25) is 0 Å². The average molecular weight is 212 g/mol. The van der Waals surface area contributed by atoms with Crippen molar-refractivity contribution in [3.8, 4) is 0 Å². The van der Waals surface area contributed by atoms with E-state index in [0.717, 1.165) is 12.2 Å². The van der Waals surface area contributed by atoms with E-state index in [2.05, 4.69) is 4.98 Å². The topological polar surface area (TPSA) is 42.4 Å². The molecule has 0 radical (unpaired) electrons. The number of aromatic nitrogens is 1. The molecule has 76 valence electrons. The molecular formula is C9H12N2O2S. The molecule has 0 aromatic carbocycles. The van der Waals surface area contributed by atoms with E-state index in [9.17, 15) is 4.21 Å². The van der Waals surface area contributed by atoms with Gasteiger partial charge in [0.15, 0.2) is 0 Å². The number of pyridine rings is 1. The quantitative estimate of drug-likeness (QED) is 0.741. The van der Waals surface area contributed by atoms with E-state index in [1.165, 1.54) is 0 Å². The van der Waals surface area contributed by atoms with E-state index >= 15 is 0 Å². The third kappa shape index (κ3) is 1.65. The number of anilines is 1. The Bertz CT molecular complexity index is 331. The molecule has 5 heteroatoms. The van der Waals surface area contributed by atoms with E-state index in [4.69, 9.17) is 4.18 Å². The second-order valence-corrected chi connectivity index (χ2v) is 4.14. The minimum absolute atomic E-state index is 0.172. The van der Waals surface area contributed by atoms with Gasteiger partial charge in [-0.2, -0.15) is 0 Å². The fourth-order valence-electron chi connectivity index (χ4n) is 1.41. The third-order valence-electron chi connectivity index (χ3n) is 2.20. The zero-order valence-corrected chi connectivity index (χ0v) is 8.74. The maximum absolute atomic E-state index is 11.5. The molecule has 14 heavy (non-hydrogen) atoms. The summed E-state index contributed by atoms with van der Waals surface area (Å²) in [6, 6.07) is 5.73. The minimum atomic E-state index is -1.37. The Morgan fingerprint density at radius 2 is 2.57 bits per heavy atom. The Kier molecular flexibility index (Phi) is 2.79. The molecule has 2 rings (SSSR count). The van der Waals surface area contributed by atoms with Gasteiger partial charge in [0.05, 0.1) is 12.6 Å². The summed E-state index contributed by atoms with van der Waals surface area (Å²) in [5, 5.41) is 0. The first-order chi connectivity index (χ1) is 6.83. The monoisotopic (exact) mass is 212 g/mol. The highest BCUT2D eigenvalue weighted by Gasteiger charge is 2.32. The van der Waals surface area contributed by atoms with Crippen molar-refractivity contribution in [2.24, 2.45) is 0 Å². The van der Waals surface area contributed by atoms with E-state index in [0.29, 0.717) is 6.61 Å². The summed E-state index contributed by atoms with van der Waals surface area (Å²) in [6.45, 7) is 2.56. The van der Waals surface area contributed by atoms with Gasteiger partial charge in [-0.3, -0.25) is 4.18 Å². The molecule has 1 aromatic heterocycles. The van der Waals surface area contributed by atoms with Gasteiger partial charge < -0.3 is 0 Å². The molecule has 1 aromatic rings. The van der Waals surface area contributed by atoms with E-state index in [1.807, 2.05) is 25.1 Å². The van der Waals surface area contributed by atoms with Crippen LogP contribution in [0.15, 0.2) is 24.4 Å². The number of hydrogen-bond acceptors (Lipinski definition) is 3. The van der Waals surface area contributed by atoms with Gasteiger partial charge in [-0.25, -0.2) is 13.5 Å². The molecule has 0 amide bonds. The summed E-state index contributed by atoms with van der Waals surface area (Å²) in [7, 11) is 0. The number of rotatable bonds is 2. The lowest BCUT2D eigenvalue weighted by Crippen LogP contribution is -2.31. The molecule has 2 atom stereocenters. The molecular weight excluding hydrogens is 200 g/mol. The van der Waals surface area contributed by atoms with Crippen molar-refractivity contribution in [3.63, 3.8) is 0 Å². The summed E-state index contributed by atoms with van der Waals surface area (Å²) >= 11 is -1.37. The number of hydrogen-bond donors (Lipinski definition) is 0. The first-order valence-corrected chi connectivity index (χ1v) is 5.61. The van der Waals surface area contributed by atoms with Gasteiger partial charge in [0.2, 0.25) is 0 Å². The Hall–Kier alpha value is -0.940. The van der Waals surface area contributed by atoms with Crippen molar-refractivity contribution >= 4 is 17.1 Å². The van der Waals surface area contributed by atoms with Crippen LogP contribution < -0.4 is 4.31 Å². The molecule has 1 fully saturated rings. The second kappa shape index (κ2) is 4.06. The Labute approximate surface area is 85.7 Å². The average Bonchev–Trinajstić information content (AvgIpc) is 2.61. The first-order valence-electron chi connectivity index (χ1n) is 4.58. The van der Waals surface area contributed by atoms with Crippen LogP contribution in [0.1, 0.15) is 13.3 Å². The van der Waals surface area contributed by atoms with Crippen LogP contribution in [0, 0.1) is 0 Å². The van der Waals surface area contributed by atoms with Gasteiger partial charge in [-0.05, 0) is 18.6 Å². The van der Waals surface area contributed by atoms with Crippen molar-refractivity contribution in [2.75, 3.05) is 10.9 Å². The summed E-state index contributed by atoms with van der Waals surface area (Å²) in [5.41, 5.74) is 0. The third-order valence-corrected chi connectivity index (χ3v) is 3.34. The SMILES string of the molecule is CCC1COS(=O)N1c1ccccn1. The van der Waals surface area contributed by atoms with Crippen LogP contribution in [0.5, 0.6) is 0 Å². The Morgan fingerprint density at radius 3 is 3.21 bits per heavy atom. The molecule has 0 N–H and O–H groups in total. The number of nitrogens with zero attached hydrogens (tertiary/aromatic N) is 2. The summed E-state index contributed by atoms with van der Waals surface area (Å²) in [5.74, 6) is 0.718. The maximum Gasteiger partial charge on any atom is 0.266 e. The lowest BCUT2D eigenvalue weighted by Gasteiger charge is -2.19. The smallest absolute Gasteiger partial charge is 0.266 e. The van der Waals surface area contributed by atoms with Crippen molar-refractivity contribution in [1.82, 2.24) is 4.98 Å². The van der Waals surface area contributed by atoms with Gasteiger partial charge in [0, 0.05) is 6.20 Å². The molecule has 2 heterocycles. The summed E-state index contributed by atoms with van der Waals surface area (Å²) in [4.78, 5) is 4.16. The van der Waals surface area contributed by atoms with Crippen molar-refractivity contribution in [2.45, 2.75) is 19.4 Å². The van der Waals surface area contributed by atoms with E-state index < -0.39 is 11.3 Å². The zero-order valence-electron chi connectivity index (χ0n) is 7.92. The minimum Gasteiger partial charge on any atom is -0.271 e. The van der Waals surface area contributed by atoms with Crippen LogP contribution in [0.3, 0.4) is 0 Å². The predicted octanol–water partition coefficient (Wildman–Crippen LogP) is 1.28. The largest absolute Gasteiger partial charge is 0.271 e. The zero-order chi connectivity index (χ0) is 9.97. The van der Waals surface area contributed by atoms with Crippen molar-refractivity contribution in [1.29, 1.82) is 0 Å². The summed E-state index contributed by atoms with van der Waals surface area (Å²) in [6.07, 6.45) is 2.60. The molecule has 1 aliphatic rings. The highest BCUT2D eigenvalue weighted by Crippen LogP contribution is 2.23. The second-order valence-electron chi connectivity index (χ2n) is 3.08. The molecule has 2 unspecified atom stereocenters. The molecule has 0 spiro atoms. The Morgan fingerprint density at radius 1 is 1.71 bits per heavy atom. The van der Waals surface area contributed by atoms with Crippen molar-refractivity contribution < 1.29 is 8.39 Å². The fourth-order valence-corrected chi connectivity index (χ4v) is 2.52. The maximum atomic E-state index is 11.5. The molecule has 0 bridgehead atoms. The molecule has 1 aliphatic heterocycles. The van der Waals surface area contributed by atoms with Gasteiger partial charge in [0.1, 0.15) is 5.82 Å². The highest BCUT2D eigenvalue weighted by molar-refractivity contribution is 7.82. The van der Waals surface area contributed by atoms with E-state index in [1.54, 1.807) is 10.5 Å². The van der Waals surface area contributed by atoms with E-state index in [-0.39, 0.29) is 6.04 Å². The van der Waals surface area contributed by atoms with Crippen LogP contribution in [0.4, 0.5) is 5.82 Å². The highest BCUT2D eigenvalue weighted by atomic mass is 32.2. The van der Waals surface area contributed by atoms with Crippen LogP contribution in [-0.4, -0.2) is 21.8 Å². The van der Waals surface area contributed by atoms with Crippen LogP contribution in [-0.2, 0) is 15.4 Å². The Balaban J connectivity index is 2.28. The predicted molar refractivity (Wildman–Crippen MR) is 54.9 cm³/mol. The molecule has 4 nitrogen and oxygen atoms in total.